The van der Waals surface area contributed by atoms with Gasteiger partial charge in [0.05, 0.1) is 18.8 Å². The number of unbranched alkanes of at least 4 members (excludes halogenated alkanes) is 28. The van der Waals surface area contributed by atoms with Crippen LogP contribution in [0.2, 0.25) is 0 Å². The molecule has 0 aliphatic rings. The Bertz CT molecular complexity index is 746. The van der Waals surface area contributed by atoms with E-state index in [1.807, 2.05) is 6.08 Å². The molecule has 0 aromatic rings. The van der Waals surface area contributed by atoms with E-state index in [-0.39, 0.29) is 12.5 Å². The Labute approximate surface area is 306 Å². The number of hydrogen-bond acceptors (Lipinski definition) is 3. The lowest BCUT2D eigenvalue weighted by atomic mass is 10.0. The van der Waals surface area contributed by atoms with Crippen molar-refractivity contribution in [3.05, 3.63) is 36.5 Å². The molecule has 0 fully saturated rings. The molecule has 3 N–H and O–H groups in total. The SMILES string of the molecule is CCCCCCCCCCCCCCCCCC/C=C/CC/C=C/CC/C=C/C(O)C(CO)NC(=O)CCCCCCCCCCCCC. The number of carbonyl (C=O) groups excluding carboxylic acids is 1. The molecule has 1 amide bonds. The van der Waals surface area contributed by atoms with Crippen LogP contribution in [-0.2, 0) is 4.79 Å². The van der Waals surface area contributed by atoms with Crippen LogP contribution in [0.25, 0.3) is 0 Å². The predicted molar refractivity (Wildman–Crippen MR) is 216 cm³/mol. The van der Waals surface area contributed by atoms with Crippen LogP contribution in [0.15, 0.2) is 36.5 Å². The molecule has 288 valence electrons. The Morgan fingerprint density at radius 3 is 1.18 bits per heavy atom. The van der Waals surface area contributed by atoms with Crippen LogP contribution in [0.4, 0.5) is 0 Å². The van der Waals surface area contributed by atoms with E-state index in [4.69, 9.17) is 0 Å². The van der Waals surface area contributed by atoms with Gasteiger partial charge in [-0.3, -0.25) is 4.79 Å². The highest BCUT2D eigenvalue weighted by Gasteiger charge is 2.17. The smallest absolute Gasteiger partial charge is 0.220 e. The van der Waals surface area contributed by atoms with Crippen molar-refractivity contribution in [2.45, 2.75) is 238 Å². The van der Waals surface area contributed by atoms with E-state index in [9.17, 15) is 15.0 Å². The van der Waals surface area contributed by atoms with Crippen LogP contribution in [0.5, 0.6) is 0 Å². The van der Waals surface area contributed by atoms with Gasteiger partial charge in [-0.2, -0.15) is 0 Å². The normalized spacial score (nSPS) is 13.3. The topological polar surface area (TPSA) is 69.6 Å². The summed E-state index contributed by atoms with van der Waals surface area (Å²) in [6, 6.07) is -0.641. The molecular weight excluding hydrogens is 602 g/mol. The molecule has 0 aromatic heterocycles. The summed E-state index contributed by atoms with van der Waals surface area (Å²) in [6.07, 6.45) is 54.1. The third-order valence-electron chi connectivity index (χ3n) is 9.85. The quantitative estimate of drug-likeness (QED) is 0.0445. The first-order valence-corrected chi connectivity index (χ1v) is 21.7. The summed E-state index contributed by atoms with van der Waals surface area (Å²) in [4.78, 5) is 12.3. The first-order valence-electron chi connectivity index (χ1n) is 21.7. The first-order chi connectivity index (χ1) is 24.2. The molecule has 0 aliphatic heterocycles. The standard InChI is InChI=1S/C45H85NO3/c1-3-5-7-9-11-13-15-16-17-18-19-20-21-22-23-24-25-26-27-28-29-31-32-34-36-38-40-44(48)43(42-47)46-45(49)41-39-37-35-33-30-14-12-10-8-6-4-2/h26-27,31-32,38,40,43-44,47-48H,3-25,28-30,33-37,39,41-42H2,1-2H3,(H,46,49)/b27-26+,32-31+,40-38+. The van der Waals surface area contributed by atoms with Gasteiger partial charge in [-0.1, -0.05) is 211 Å². The Hall–Kier alpha value is -1.39. The molecule has 2 atom stereocenters. The highest BCUT2D eigenvalue weighted by Crippen LogP contribution is 2.15. The highest BCUT2D eigenvalue weighted by atomic mass is 16.3. The van der Waals surface area contributed by atoms with E-state index >= 15 is 0 Å². The van der Waals surface area contributed by atoms with E-state index in [0.717, 1.165) is 38.5 Å². The van der Waals surface area contributed by atoms with Crippen molar-refractivity contribution in [1.29, 1.82) is 0 Å². The molecule has 0 heterocycles. The van der Waals surface area contributed by atoms with Crippen molar-refractivity contribution in [3.63, 3.8) is 0 Å². The van der Waals surface area contributed by atoms with Crippen molar-refractivity contribution in [1.82, 2.24) is 5.32 Å². The zero-order valence-electron chi connectivity index (χ0n) is 33.0. The maximum absolute atomic E-state index is 12.3. The van der Waals surface area contributed by atoms with Gasteiger partial charge in [0.15, 0.2) is 0 Å². The number of aliphatic hydroxyl groups excluding tert-OH is 2. The second-order valence-corrected chi connectivity index (χ2v) is 14.8. The van der Waals surface area contributed by atoms with Gasteiger partial charge >= 0.3 is 0 Å². The average Bonchev–Trinajstić information content (AvgIpc) is 3.10. The van der Waals surface area contributed by atoms with Gasteiger partial charge in [0.25, 0.3) is 0 Å². The average molecular weight is 688 g/mol. The lowest BCUT2D eigenvalue weighted by Crippen LogP contribution is -2.45. The van der Waals surface area contributed by atoms with Gasteiger partial charge in [0.2, 0.25) is 5.91 Å². The minimum absolute atomic E-state index is 0.0792. The molecule has 0 rings (SSSR count). The van der Waals surface area contributed by atoms with E-state index < -0.39 is 12.1 Å². The predicted octanol–water partition coefficient (Wildman–Crippen LogP) is 13.4. The van der Waals surface area contributed by atoms with Crippen LogP contribution in [0.1, 0.15) is 226 Å². The third kappa shape index (κ3) is 37.7. The maximum Gasteiger partial charge on any atom is 0.220 e. The van der Waals surface area contributed by atoms with Crippen molar-refractivity contribution in [3.8, 4) is 0 Å². The van der Waals surface area contributed by atoms with Gasteiger partial charge < -0.3 is 15.5 Å². The molecule has 0 saturated heterocycles. The molecule has 4 heteroatoms. The number of carbonyl (C=O) groups is 1. The molecule has 0 spiro atoms. The monoisotopic (exact) mass is 688 g/mol. The first kappa shape index (κ1) is 47.6. The number of nitrogens with one attached hydrogen (secondary N) is 1. The lowest BCUT2D eigenvalue weighted by molar-refractivity contribution is -0.123. The van der Waals surface area contributed by atoms with Crippen molar-refractivity contribution < 1.29 is 15.0 Å². The highest BCUT2D eigenvalue weighted by molar-refractivity contribution is 5.76. The summed E-state index contributed by atoms with van der Waals surface area (Å²) in [5, 5.41) is 22.9. The summed E-state index contributed by atoms with van der Waals surface area (Å²) in [7, 11) is 0. The van der Waals surface area contributed by atoms with E-state index in [2.05, 4.69) is 43.5 Å². The van der Waals surface area contributed by atoms with Crippen LogP contribution >= 0.6 is 0 Å². The fourth-order valence-corrected chi connectivity index (χ4v) is 6.50. The molecule has 4 nitrogen and oxygen atoms in total. The third-order valence-corrected chi connectivity index (χ3v) is 9.85. The second kappa shape index (κ2) is 41.0. The van der Waals surface area contributed by atoms with Gasteiger partial charge in [-0.25, -0.2) is 0 Å². The summed E-state index contributed by atoms with van der Waals surface area (Å²) >= 11 is 0. The Balaban J connectivity index is 3.59. The maximum atomic E-state index is 12.3. The lowest BCUT2D eigenvalue weighted by Gasteiger charge is -2.19. The molecule has 2 unspecified atom stereocenters. The zero-order valence-corrected chi connectivity index (χ0v) is 33.0. The number of aliphatic hydroxyl groups is 2. The van der Waals surface area contributed by atoms with Crippen molar-refractivity contribution in [2.75, 3.05) is 6.61 Å². The summed E-state index contributed by atoms with van der Waals surface area (Å²) in [6.45, 7) is 4.29. The van der Waals surface area contributed by atoms with Gasteiger partial charge in [0, 0.05) is 6.42 Å². The van der Waals surface area contributed by atoms with Crippen LogP contribution in [0.3, 0.4) is 0 Å². The van der Waals surface area contributed by atoms with E-state index in [1.165, 1.54) is 167 Å². The number of amides is 1. The fourth-order valence-electron chi connectivity index (χ4n) is 6.50. The minimum atomic E-state index is -0.866. The Morgan fingerprint density at radius 2 is 0.796 bits per heavy atom. The molecule has 0 bridgehead atoms. The van der Waals surface area contributed by atoms with Crippen LogP contribution < -0.4 is 5.32 Å². The summed E-state index contributed by atoms with van der Waals surface area (Å²) in [5.41, 5.74) is 0. The number of allylic oxidation sites excluding steroid dienone is 5. The van der Waals surface area contributed by atoms with Gasteiger partial charge in [-0.05, 0) is 44.9 Å². The van der Waals surface area contributed by atoms with Gasteiger partial charge in [-0.15, -0.1) is 0 Å². The van der Waals surface area contributed by atoms with Crippen LogP contribution in [-0.4, -0.2) is 34.9 Å². The second-order valence-electron chi connectivity index (χ2n) is 14.8. The molecule has 49 heavy (non-hydrogen) atoms. The fraction of sp³-hybridized carbons (Fsp3) is 0.844. The Kier molecular flexibility index (Phi) is 39.9. The molecule has 0 aromatic carbocycles. The molecular formula is C45H85NO3. The molecule has 0 aliphatic carbocycles. The molecule has 0 saturated carbocycles. The van der Waals surface area contributed by atoms with E-state index in [1.54, 1.807) is 6.08 Å². The van der Waals surface area contributed by atoms with Gasteiger partial charge in [0.1, 0.15) is 0 Å². The largest absolute Gasteiger partial charge is 0.394 e. The summed E-state index contributed by atoms with van der Waals surface area (Å²) in [5.74, 6) is -0.0792. The zero-order chi connectivity index (χ0) is 35.7. The number of hydrogen-bond donors (Lipinski definition) is 3. The van der Waals surface area contributed by atoms with Crippen molar-refractivity contribution >= 4 is 5.91 Å². The Morgan fingerprint density at radius 1 is 0.469 bits per heavy atom. The summed E-state index contributed by atoms with van der Waals surface area (Å²) < 4.78 is 0. The van der Waals surface area contributed by atoms with E-state index in [0.29, 0.717) is 6.42 Å². The van der Waals surface area contributed by atoms with Crippen LogP contribution in [0, 0.1) is 0 Å². The minimum Gasteiger partial charge on any atom is -0.394 e. The van der Waals surface area contributed by atoms with Crippen molar-refractivity contribution in [2.24, 2.45) is 0 Å². The molecule has 0 radical (unpaired) electrons. The number of rotatable bonds is 39.